The highest BCUT2D eigenvalue weighted by molar-refractivity contribution is 6.17. The average molecular weight is 235 g/mol. The number of methoxy groups -OCH3 is 1. The second kappa shape index (κ2) is 4.54. The van der Waals surface area contributed by atoms with E-state index in [1.807, 2.05) is 30.3 Å². The number of rotatable bonds is 2. The fourth-order valence-electron chi connectivity index (χ4n) is 1.73. The number of ether oxygens (including phenoxy) is 1. The molecule has 0 unspecified atom stereocenters. The Kier molecular flexibility index (Phi) is 3.11. The van der Waals surface area contributed by atoms with Crippen molar-refractivity contribution in [3.63, 3.8) is 0 Å². The molecular weight excluding hydrogens is 224 g/mol. The summed E-state index contributed by atoms with van der Waals surface area (Å²) in [5.74, 6) is 0.0534. The average Bonchev–Trinajstić information content (AvgIpc) is 2.36. The van der Waals surface area contributed by atoms with Crippen LogP contribution in [-0.4, -0.2) is 13.1 Å². The normalized spacial score (nSPS) is 10.4. The van der Waals surface area contributed by atoms with Gasteiger partial charge in [0.2, 0.25) is 0 Å². The second-order valence-corrected chi connectivity index (χ2v) is 3.76. The molecule has 82 valence electrons. The van der Waals surface area contributed by atoms with Crippen molar-refractivity contribution in [3.8, 4) is 0 Å². The van der Waals surface area contributed by atoms with E-state index in [9.17, 15) is 4.79 Å². The third-order valence-corrected chi connectivity index (χ3v) is 2.79. The van der Waals surface area contributed by atoms with E-state index in [4.69, 9.17) is 16.3 Å². The summed E-state index contributed by atoms with van der Waals surface area (Å²) in [6.07, 6.45) is 0. The van der Waals surface area contributed by atoms with E-state index < -0.39 is 0 Å². The fraction of sp³-hybridized carbons (Fsp3) is 0.154. The summed E-state index contributed by atoms with van der Waals surface area (Å²) in [4.78, 5) is 11.6. The monoisotopic (exact) mass is 234 g/mol. The molecule has 2 aromatic carbocycles. The summed E-state index contributed by atoms with van der Waals surface area (Å²) in [6, 6.07) is 11.4. The van der Waals surface area contributed by atoms with Gasteiger partial charge < -0.3 is 4.74 Å². The number of carbonyl (C=O) groups excluding carboxylic acids is 1. The zero-order chi connectivity index (χ0) is 11.5. The first-order valence-electron chi connectivity index (χ1n) is 4.92. The van der Waals surface area contributed by atoms with E-state index in [1.54, 1.807) is 6.07 Å². The van der Waals surface area contributed by atoms with Crippen LogP contribution in [0.5, 0.6) is 0 Å². The number of carbonyl (C=O) groups is 1. The lowest BCUT2D eigenvalue weighted by Gasteiger charge is -2.07. The molecule has 0 aromatic heterocycles. The van der Waals surface area contributed by atoms with Gasteiger partial charge in [0, 0.05) is 5.88 Å². The Bertz CT molecular complexity index is 534. The lowest BCUT2D eigenvalue weighted by atomic mass is 10.0. The molecule has 3 heteroatoms. The molecule has 0 atom stereocenters. The molecule has 16 heavy (non-hydrogen) atoms. The fourth-order valence-corrected chi connectivity index (χ4v) is 1.88. The Morgan fingerprint density at radius 2 is 2.06 bits per heavy atom. The number of alkyl halides is 1. The maximum atomic E-state index is 11.6. The molecule has 0 spiro atoms. The largest absolute Gasteiger partial charge is 0.465 e. The summed E-state index contributed by atoms with van der Waals surface area (Å²) in [6.45, 7) is 0. The molecule has 0 aliphatic heterocycles. The van der Waals surface area contributed by atoms with E-state index in [-0.39, 0.29) is 5.97 Å². The molecule has 0 N–H and O–H groups in total. The number of esters is 1. The van der Waals surface area contributed by atoms with Gasteiger partial charge in [0.05, 0.1) is 12.7 Å². The highest BCUT2D eigenvalue weighted by atomic mass is 35.5. The van der Waals surface area contributed by atoms with Gasteiger partial charge in [0.25, 0.3) is 0 Å². The van der Waals surface area contributed by atoms with E-state index in [1.165, 1.54) is 7.11 Å². The number of halogens is 1. The molecule has 0 amide bonds. The lowest BCUT2D eigenvalue weighted by Crippen LogP contribution is -2.02. The summed E-state index contributed by atoms with van der Waals surface area (Å²) in [5, 5.41) is 1.89. The standard InChI is InChI=1S/C13H11ClO2/c1-16-13(15)12-7-9(8-14)6-10-4-2-3-5-11(10)12/h2-7H,8H2,1H3. The predicted molar refractivity (Wildman–Crippen MR) is 64.8 cm³/mol. The molecule has 0 bridgehead atoms. The van der Waals surface area contributed by atoms with Crippen molar-refractivity contribution in [1.82, 2.24) is 0 Å². The van der Waals surface area contributed by atoms with Gasteiger partial charge in [-0.05, 0) is 28.5 Å². The molecule has 0 fully saturated rings. The summed E-state index contributed by atoms with van der Waals surface area (Å²) < 4.78 is 4.76. The molecule has 0 heterocycles. The van der Waals surface area contributed by atoms with Gasteiger partial charge in [-0.3, -0.25) is 0 Å². The minimum absolute atomic E-state index is 0.330. The minimum atomic E-state index is -0.330. The smallest absolute Gasteiger partial charge is 0.338 e. The molecule has 0 aliphatic carbocycles. The number of benzene rings is 2. The van der Waals surface area contributed by atoms with E-state index in [2.05, 4.69) is 0 Å². The van der Waals surface area contributed by atoms with Crippen LogP contribution >= 0.6 is 11.6 Å². The van der Waals surface area contributed by atoms with Crippen molar-refractivity contribution >= 4 is 28.3 Å². The number of hydrogen-bond donors (Lipinski definition) is 0. The van der Waals surface area contributed by atoms with Crippen LogP contribution in [0.3, 0.4) is 0 Å². The Morgan fingerprint density at radius 3 is 2.75 bits per heavy atom. The van der Waals surface area contributed by atoms with Gasteiger partial charge in [0.15, 0.2) is 0 Å². The van der Waals surface area contributed by atoms with Crippen LogP contribution in [0, 0.1) is 0 Å². The Balaban J connectivity index is 2.73. The van der Waals surface area contributed by atoms with Crippen LogP contribution in [0.2, 0.25) is 0 Å². The van der Waals surface area contributed by atoms with E-state index >= 15 is 0 Å². The van der Waals surface area contributed by atoms with Crippen molar-refractivity contribution in [2.45, 2.75) is 5.88 Å². The van der Waals surface area contributed by atoms with Gasteiger partial charge in [0.1, 0.15) is 0 Å². The van der Waals surface area contributed by atoms with E-state index in [0.29, 0.717) is 11.4 Å². The zero-order valence-corrected chi connectivity index (χ0v) is 9.62. The highest BCUT2D eigenvalue weighted by Gasteiger charge is 2.11. The molecule has 2 aromatic rings. The molecule has 0 saturated heterocycles. The van der Waals surface area contributed by atoms with Gasteiger partial charge in [-0.25, -0.2) is 4.79 Å². The van der Waals surface area contributed by atoms with Gasteiger partial charge in [-0.15, -0.1) is 11.6 Å². The Morgan fingerprint density at radius 1 is 1.31 bits per heavy atom. The third kappa shape index (κ3) is 1.89. The van der Waals surface area contributed by atoms with Crippen LogP contribution in [0.4, 0.5) is 0 Å². The molecule has 2 nitrogen and oxygen atoms in total. The van der Waals surface area contributed by atoms with Crippen molar-refractivity contribution < 1.29 is 9.53 Å². The van der Waals surface area contributed by atoms with Gasteiger partial charge >= 0.3 is 5.97 Å². The van der Waals surface area contributed by atoms with Crippen LogP contribution in [0.1, 0.15) is 15.9 Å². The Labute approximate surface area is 98.8 Å². The SMILES string of the molecule is COC(=O)c1cc(CCl)cc2ccccc12. The third-order valence-electron chi connectivity index (χ3n) is 2.48. The van der Waals surface area contributed by atoms with Gasteiger partial charge in [-0.1, -0.05) is 24.3 Å². The number of hydrogen-bond acceptors (Lipinski definition) is 2. The topological polar surface area (TPSA) is 26.3 Å². The van der Waals surface area contributed by atoms with Gasteiger partial charge in [-0.2, -0.15) is 0 Å². The minimum Gasteiger partial charge on any atom is -0.465 e. The summed E-state index contributed by atoms with van der Waals surface area (Å²) in [5.41, 5.74) is 1.48. The molecule has 0 aliphatic rings. The maximum absolute atomic E-state index is 11.6. The molecular formula is C13H11ClO2. The van der Waals surface area contributed by atoms with Crippen molar-refractivity contribution in [2.75, 3.05) is 7.11 Å². The quantitative estimate of drug-likeness (QED) is 0.588. The van der Waals surface area contributed by atoms with Crippen LogP contribution in [-0.2, 0) is 10.6 Å². The molecule has 0 radical (unpaired) electrons. The zero-order valence-electron chi connectivity index (χ0n) is 8.87. The van der Waals surface area contributed by atoms with Crippen LogP contribution in [0.15, 0.2) is 36.4 Å². The van der Waals surface area contributed by atoms with Crippen LogP contribution in [0.25, 0.3) is 10.8 Å². The summed E-state index contributed by atoms with van der Waals surface area (Å²) in [7, 11) is 1.38. The number of fused-ring (bicyclic) bond motifs is 1. The maximum Gasteiger partial charge on any atom is 0.338 e. The van der Waals surface area contributed by atoms with Crippen molar-refractivity contribution in [3.05, 3.63) is 47.5 Å². The second-order valence-electron chi connectivity index (χ2n) is 3.49. The van der Waals surface area contributed by atoms with Crippen molar-refractivity contribution in [1.29, 1.82) is 0 Å². The first-order valence-corrected chi connectivity index (χ1v) is 5.45. The first-order chi connectivity index (χ1) is 7.76. The first kappa shape index (κ1) is 11.0. The van der Waals surface area contributed by atoms with E-state index in [0.717, 1.165) is 16.3 Å². The lowest BCUT2D eigenvalue weighted by molar-refractivity contribution is 0.0603. The molecule has 0 saturated carbocycles. The summed E-state index contributed by atoms with van der Waals surface area (Å²) >= 11 is 5.80. The van der Waals surface area contributed by atoms with Crippen LogP contribution < -0.4 is 0 Å². The predicted octanol–water partition coefficient (Wildman–Crippen LogP) is 3.37. The van der Waals surface area contributed by atoms with Crippen molar-refractivity contribution in [2.24, 2.45) is 0 Å². The Hall–Kier alpha value is -1.54. The highest BCUT2D eigenvalue weighted by Crippen LogP contribution is 2.22. The molecule has 2 rings (SSSR count).